The number of anilines is 1. The molecule has 0 atom stereocenters. The number of carbonyl (C=O) groups excluding carboxylic acids is 1. The van der Waals surface area contributed by atoms with E-state index in [2.05, 4.69) is 0 Å². The van der Waals surface area contributed by atoms with Crippen molar-refractivity contribution in [3.05, 3.63) is 68.3 Å². The maximum atomic E-state index is 12.7. The lowest BCUT2D eigenvalue weighted by molar-refractivity contribution is -0.385. The molecule has 0 unspecified atom stereocenters. The van der Waals surface area contributed by atoms with E-state index in [0.29, 0.717) is 5.75 Å². The normalized spacial score (nSPS) is 12.9. The Labute approximate surface area is 135 Å². The van der Waals surface area contributed by atoms with Crippen LogP contribution < -0.4 is 9.64 Å². The monoisotopic (exact) mass is 329 g/mol. The number of nitrogens with zero attached hydrogens (tertiary/aromatic N) is 3. The van der Waals surface area contributed by atoms with Gasteiger partial charge >= 0.3 is 0 Å². The molecule has 0 saturated heterocycles. The van der Waals surface area contributed by atoms with Gasteiger partial charge in [0.2, 0.25) is 0 Å². The summed E-state index contributed by atoms with van der Waals surface area (Å²) in [5, 5.41) is 21.8. The molecule has 2 aromatic carbocycles. The molecule has 0 saturated carbocycles. The summed E-state index contributed by atoms with van der Waals surface area (Å²) < 4.78 is 5.41. The van der Waals surface area contributed by atoms with E-state index in [4.69, 9.17) is 4.74 Å². The molecule has 1 aliphatic heterocycles. The molecule has 0 N–H and O–H groups in total. The zero-order valence-corrected chi connectivity index (χ0v) is 12.2. The molecule has 0 radical (unpaired) electrons. The van der Waals surface area contributed by atoms with Crippen molar-refractivity contribution in [3.8, 4) is 5.75 Å². The highest BCUT2D eigenvalue weighted by Gasteiger charge is 2.27. The predicted octanol–water partition coefficient (Wildman–Crippen LogP) is 2.54. The highest BCUT2D eigenvalue weighted by atomic mass is 16.6. The zero-order valence-electron chi connectivity index (χ0n) is 12.2. The number of fused-ring (bicyclic) bond motifs is 1. The first-order chi connectivity index (χ1) is 11.5. The van der Waals surface area contributed by atoms with E-state index in [1.807, 2.05) is 0 Å². The van der Waals surface area contributed by atoms with Crippen LogP contribution in [0.25, 0.3) is 0 Å². The van der Waals surface area contributed by atoms with Gasteiger partial charge in [-0.25, -0.2) is 0 Å². The first-order valence-corrected chi connectivity index (χ1v) is 6.95. The van der Waals surface area contributed by atoms with Crippen LogP contribution in [0.4, 0.5) is 17.1 Å². The van der Waals surface area contributed by atoms with Gasteiger partial charge in [0.05, 0.1) is 22.1 Å². The lowest BCUT2D eigenvalue weighted by atomic mass is 10.1. The number of ether oxygens (including phenoxy) is 1. The Kier molecular flexibility index (Phi) is 3.82. The average molecular weight is 329 g/mol. The second kappa shape index (κ2) is 5.95. The van der Waals surface area contributed by atoms with Crippen molar-refractivity contribution in [2.75, 3.05) is 18.1 Å². The summed E-state index contributed by atoms with van der Waals surface area (Å²) in [6.45, 7) is 0.418. The van der Waals surface area contributed by atoms with Gasteiger partial charge < -0.3 is 9.64 Å². The van der Waals surface area contributed by atoms with Crippen molar-refractivity contribution in [1.29, 1.82) is 0 Å². The first kappa shape index (κ1) is 15.4. The highest BCUT2D eigenvalue weighted by Crippen LogP contribution is 2.35. The van der Waals surface area contributed by atoms with Gasteiger partial charge in [-0.05, 0) is 12.1 Å². The zero-order chi connectivity index (χ0) is 17.3. The van der Waals surface area contributed by atoms with E-state index in [1.54, 1.807) is 0 Å². The number of benzene rings is 2. The molecule has 0 fully saturated rings. The molecule has 2 aromatic rings. The molecule has 0 spiro atoms. The molecule has 0 aromatic heterocycles. The van der Waals surface area contributed by atoms with Gasteiger partial charge in [-0.1, -0.05) is 6.07 Å². The summed E-state index contributed by atoms with van der Waals surface area (Å²) in [5.74, 6) is -0.130. The number of nitro benzene ring substituents is 2. The standard InChI is InChI=1S/C15H11N3O6/c19-15(10-2-1-3-11(8-10)17(20)21)16-6-7-24-14-5-4-12(18(22)23)9-13(14)16/h1-5,8-9H,6-7H2. The summed E-state index contributed by atoms with van der Waals surface area (Å²) in [4.78, 5) is 34.7. The summed E-state index contributed by atoms with van der Waals surface area (Å²) >= 11 is 0. The molecule has 0 aliphatic carbocycles. The topological polar surface area (TPSA) is 116 Å². The number of carbonyl (C=O) groups is 1. The number of nitro groups is 2. The lowest BCUT2D eigenvalue weighted by Gasteiger charge is -2.29. The number of amides is 1. The third-order valence-corrected chi connectivity index (χ3v) is 3.57. The molecule has 122 valence electrons. The van der Waals surface area contributed by atoms with Crippen LogP contribution in [0.2, 0.25) is 0 Å². The van der Waals surface area contributed by atoms with E-state index in [9.17, 15) is 25.0 Å². The summed E-state index contributed by atoms with van der Waals surface area (Å²) in [7, 11) is 0. The SMILES string of the molecule is O=C(c1cccc([N+](=O)[O-])c1)N1CCOc2ccc([N+](=O)[O-])cc21. The van der Waals surface area contributed by atoms with Crippen molar-refractivity contribution >= 4 is 23.0 Å². The molecule has 1 aliphatic rings. The third-order valence-electron chi connectivity index (χ3n) is 3.57. The van der Waals surface area contributed by atoms with Crippen molar-refractivity contribution in [2.24, 2.45) is 0 Å². The van der Waals surface area contributed by atoms with Crippen LogP contribution in [0.15, 0.2) is 42.5 Å². The second-order valence-corrected chi connectivity index (χ2v) is 5.02. The summed E-state index contributed by atoms with van der Waals surface area (Å²) in [6, 6.07) is 9.32. The van der Waals surface area contributed by atoms with Crippen LogP contribution in [-0.4, -0.2) is 28.9 Å². The molecule has 0 bridgehead atoms. The summed E-state index contributed by atoms with van der Waals surface area (Å²) in [6.07, 6.45) is 0. The summed E-state index contributed by atoms with van der Waals surface area (Å²) in [5.41, 5.74) is 0.0278. The fraction of sp³-hybridized carbons (Fsp3) is 0.133. The Morgan fingerprint density at radius 1 is 1.04 bits per heavy atom. The predicted molar refractivity (Wildman–Crippen MR) is 83.4 cm³/mol. The third kappa shape index (κ3) is 2.74. The van der Waals surface area contributed by atoms with Gasteiger partial charge in [-0.3, -0.25) is 25.0 Å². The molecule has 1 amide bonds. The Morgan fingerprint density at radius 3 is 2.46 bits per heavy atom. The van der Waals surface area contributed by atoms with E-state index in [-0.39, 0.29) is 35.8 Å². The van der Waals surface area contributed by atoms with E-state index in [0.717, 1.165) is 0 Å². The maximum Gasteiger partial charge on any atom is 0.271 e. The lowest BCUT2D eigenvalue weighted by Crippen LogP contribution is -2.38. The van der Waals surface area contributed by atoms with Crippen LogP contribution in [-0.2, 0) is 0 Å². The average Bonchev–Trinajstić information content (AvgIpc) is 2.60. The number of non-ortho nitro benzene ring substituents is 2. The van der Waals surface area contributed by atoms with Crippen LogP contribution in [0.1, 0.15) is 10.4 Å². The molecular formula is C15H11N3O6. The van der Waals surface area contributed by atoms with E-state index >= 15 is 0 Å². The minimum Gasteiger partial charge on any atom is -0.490 e. The molecule has 1 heterocycles. The van der Waals surface area contributed by atoms with Crippen molar-refractivity contribution in [2.45, 2.75) is 0 Å². The number of hydrogen-bond acceptors (Lipinski definition) is 6. The second-order valence-electron chi connectivity index (χ2n) is 5.02. The largest absolute Gasteiger partial charge is 0.490 e. The van der Waals surface area contributed by atoms with Crippen molar-refractivity contribution in [3.63, 3.8) is 0 Å². The van der Waals surface area contributed by atoms with Gasteiger partial charge in [0.25, 0.3) is 17.3 Å². The molecule has 9 nitrogen and oxygen atoms in total. The van der Waals surface area contributed by atoms with Crippen LogP contribution in [0.3, 0.4) is 0 Å². The smallest absolute Gasteiger partial charge is 0.271 e. The van der Waals surface area contributed by atoms with Gasteiger partial charge in [-0.2, -0.15) is 0 Å². The fourth-order valence-corrected chi connectivity index (χ4v) is 2.44. The van der Waals surface area contributed by atoms with Gasteiger partial charge in [0.1, 0.15) is 12.4 Å². The Hall–Kier alpha value is -3.49. The van der Waals surface area contributed by atoms with Crippen LogP contribution in [0.5, 0.6) is 5.75 Å². The fourth-order valence-electron chi connectivity index (χ4n) is 2.44. The van der Waals surface area contributed by atoms with E-state index < -0.39 is 15.8 Å². The van der Waals surface area contributed by atoms with E-state index in [1.165, 1.54) is 47.4 Å². The quantitative estimate of drug-likeness (QED) is 0.631. The highest BCUT2D eigenvalue weighted by molar-refractivity contribution is 6.07. The van der Waals surface area contributed by atoms with Crippen molar-refractivity contribution in [1.82, 2.24) is 0 Å². The number of rotatable bonds is 3. The minimum absolute atomic E-state index is 0.128. The molecular weight excluding hydrogens is 318 g/mol. The van der Waals surface area contributed by atoms with Gasteiger partial charge in [-0.15, -0.1) is 0 Å². The van der Waals surface area contributed by atoms with Crippen LogP contribution in [0, 0.1) is 20.2 Å². The molecule has 9 heteroatoms. The van der Waals surface area contributed by atoms with Gasteiger partial charge in [0, 0.05) is 29.8 Å². The van der Waals surface area contributed by atoms with Gasteiger partial charge in [0.15, 0.2) is 0 Å². The number of hydrogen-bond donors (Lipinski definition) is 0. The Morgan fingerprint density at radius 2 is 1.75 bits per heavy atom. The molecule has 3 rings (SSSR count). The minimum atomic E-state index is -0.588. The maximum absolute atomic E-state index is 12.7. The first-order valence-electron chi connectivity index (χ1n) is 6.95. The Balaban J connectivity index is 2.01. The molecule has 24 heavy (non-hydrogen) atoms. The Bertz CT molecular complexity index is 851. The van der Waals surface area contributed by atoms with Crippen LogP contribution >= 0.6 is 0 Å². The van der Waals surface area contributed by atoms with Crippen molar-refractivity contribution < 1.29 is 19.4 Å².